The van der Waals surface area contributed by atoms with Crippen molar-refractivity contribution in [2.75, 3.05) is 14.2 Å². The molecule has 1 atom stereocenters. The molecule has 0 aliphatic carbocycles. The van der Waals surface area contributed by atoms with E-state index in [9.17, 15) is 0 Å². The summed E-state index contributed by atoms with van der Waals surface area (Å²) in [4.78, 5) is 1.99. The van der Waals surface area contributed by atoms with Gasteiger partial charge in [-0.1, -0.05) is 13.8 Å². The monoisotopic (exact) mass is 182 g/mol. The third-order valence-electron chi connectivity index (χ3n) is 2.23. The van der Waals surface area contributed by atoms with Crippen molar-refractivity contribution in [3.63, 3.8) is 0 Å². The number of hydrogen-bond acceptors (Lipinski definition) is 3. The Labute approximate surface area is 79.9 Å². The summed E-state index contributed by atoms with van der Waals surface area (Å²) in [6.07, 6.45) is 3.97. The van der Waals surface area contributed by atoms with Crippen LogP contribution in [0.25, 0.3) is 0 Å². The molecule has 0 saturated heterocycles. The van der Waals surface area contributed by atoms with Crippen LogP contribution in [0.5, 0.6) is 0 Å². The molecule has 0 aromatic carbocycles. The maximum atomic E-state index is 5.86. The Kier molecular flexibility index (Phi) is 2.98. The molecule has 1 aliphatic heterocycles. The number of allylic oxidation sites excluding steroid dienone is 2. The van der Waals surface area contributed by atoms with E-state index in [2.05, 4.69) is 20.0 Å². The van der Waals surface area contributed by atoms with Crippen molar-refractivity contribution in [3.05, 3.63) is 23.5 Å². The van der Waals surface area contributed by atoms with Gasteiger partial charge in [0.15, 0.2) is 6.23 Å². The second kappa shape index (κ2) is 3.83. The van der Waals surface area contributed by atoms with Crippen molar-refractivity contribution in [2.45, 2.75) is 20.1 Å². The van der Waals surface area contributed by atoms with Crippen LogP contribution >= 0.6 is 0 Å². The summed E-state index contributed by atoms with van der Waals surface area (Å²) in [7, 11) is 3.63. The minimum atomic E-state index is -0.109. The van der Waals surface area contributed by atoms with E-state index in [1.165, 1.54) is 5.57 Å². The van der Waals surface area contributed by atoms with Gasteiger partial charge in [-0.15, -0.1) is 0 Å². The van der Waals surface area contributed by atoms with Gasteiger partial charge in [0.25, 0.3) is 0 Å². The van der Waals surface area contributed by atoms with Crippen molar-refractivity contribution in [1.82, 2.24) is 4.90 Å². The van der Waals surface area contributed by atoms with Crippen LogP contribution in [0.15, 0.2) is 23.5 Å². The first-order valence-electron chi connectivity index (χ1n) is 4.49. The predicted molar refractivity (Wildman–Crippen MR) is 53.8 cm³/mol. The van der Waals surface area contributed by atoms with Gasteiger partial charge in [-0.2, -0.15) is 0 Å². The molecule has 2 N–H and O–H groups in total. The summed E-state index contributed by atoms with van der Waals surface area (Å²) in [6.45, 7) is 4.30. The molecule has 0 radical (unpaired) electrons. The van der Waals surface area contributed by atoms with Gasteiger partial charge < -0.3 is 15.4 Å². The van der Waals surface area contributed by atoms with Crippen LogP contribution in [0, 0.1) is 5.92 Å². The summed E-state index contributed by atoms with van der Waals surface area (Å²) >= 11 is 0. The molecule has 3 heteroatoms. The van der Waals surface area contributed by atoms with Crippen molar-refractivity contribution in [3.8, 4) is 0 Å². The van der Waals surface area contributed by atoms with E-state index >= 15 is 0 Å². The fraction of sp³-hybridized carbons (Fsp3) is 0.600. The average molecular weight is 182 g/mol. The highest BCUT2D eigenvalue weighted by molar-refractivity contribution is 5.29. The number of rotatable bonds is 2. The van der Waals surface area contributed by atoms with Crippen molar-refractivity contribution >= 4 is 0 Å². The lowest BCUT2D eigenvalue weighted by Crippen LogP contribution is -2.37. The highest BCUT2D eigenvalue weighted by Crippen LogP contribution is 2.21. The first-order chi connectivity index (χ1) is 6.06. The molecule has 0 spiro atoms. The normalized spacial score (nSPS) is 23.2. The van der Waals surface area contributed by atoms with Crippen LogP contribution in [0.2, 0.25) is 0 Å². The maximum Gasteiger partial charge on any atom is 0.169 e. The SMILES string of the molecule is COC1C(N)=CC(C(C)C)=CN1C. The van der Waals surface area contributed by atoms with E-state index in [-0.39, 0.29) is 6.23 Å². The van der Waals surface area contributed by atoms with Crippen molar-refractivity contribution < 1.29 is 4.74 Å². The zero-order valence-electron chi connectivity index (χ0n) is 8.74. The molecule has 0 aromatic heterocycles. The van der Waals surface area contributed by atoms with Gasteiger partial charge >= 0.3 is 0 Å². The lowest BCUT2D eigenvalue weighted by atomic mass is 10.0. The van der Waals surface area contributed by atoms with Crippen molar-refractivity contribution in [1.29, 1.82) is 0 Å². The topological polar surface area (TPSA) is 38.5 Å². The highest BCUT2D eigenvalue weighted by atomic mass is 16.5. The maximum absolute atomic E-state index is 5.86. The molecule has 0 saturated carbocycles. The van der Waals surface area contributed by atoms with Gasteiger partial charge in [0, 0.05) is 20.4 Å². The van der Waals surface area contributed by atoms with E-state index in [0.29, 0.717) is 5.92 Å². The molecule has 0 bridgehead atoms. The minimum Gasteiger partial charge on any atom is -0.398 e. The Hall–Kier alpha value is -0.960. The third-order valence-corrected chi connectivity index (χ3v) is 2.23. The zero-order chi connectivity index (χ0) is 10.0. The first kappa shape index (κ1) is 10.1. The lowest BCUT2D eigenvalue weighted by molar-refractivity contribution is 0.0330. The van der Waals surface area contributed by atoms with Crippen LogP contribution in [0.3, 0.4) is 0 Å². The Morgan fingerprint density at radius 1 is 1.54 bits per heavy atom. The van der Waals surface area contributed by atoms with Crippen LogP contribution < -0.4 is 5.73 Å². The molecule has 3 nitrogen and oxygen atoms in total. The first-order valence-corrected chi connectivity index (χ1v) is 4.49. The van der Waals surface area contributed by atoms with Gasteiger partial charge in [0.05, 0.1) is 5.70 Å². The number of nitrogens with zero attached hydrogens (tertiary/aromatic N) is 1. The molecular formula is C10H18N2O. The Bertz CT molecular complexity index is 243. The van der Waals surface area contributed by atoms with Gasteiger partial charge in [0.2, 0.25) is 0 Å². The second-order valence-electron chi connectivity index (χ2n) is 3.68. The minimum absolute atomic E-state index is 0.109. The fourth-order valence-corrected chi connectivity index (χ4v) is 1.46. The summed E-state index contributed by atoms with van der Waals surface area (Å²) in [6, 6.07) is 0. The highest BCUT2D eigenvalue weighted by Gasteiger charge is 2.19. The molecule has 1 aliphatic rings. The van der Waals surface area contributed by atoms with E-state index in [1.807, 2.05) is 18.0 Å². The van der Waals surface area contributed by atoms with E-state index < -0.39 is 0 Å². The van der Waals surface area contributed by atoms with E-state index in [4.69, 9.17) is 10.5 Å². The summed E-state index contributed by atoms with van der Waals surface area (Å²) in [5, 5.41) is 0. The lowest BCUT2D eigenvalue weighted by Gasteiger charge is -2.31. The number of likely N-dealkylation sites (N-methyl/N-ethyl adjacent to an activating group) is 1. The smallest absolute Gasteiger partial charge is 0.169 e. The number of hydrogen-bond donors (Lipinski definition) is 1. The Balaban J connectivity index is 2.86. The second-order valence-corrected chi connectivity index (χ2v) is 3.68. The number of methoxy groups -OCH3 is 1. The largest absolute Gasteiger partial charge is 0.398 e. The molecule has 1 unspecified atom stereocenters. The van der Waals surface area contributed by atoms with E-state index in [1.54, 1.807) is 7.11 Å². The zero-order valence-corrected chi connectivity index (χ0v) is 8.74. The summed E-state index contributed by atoms with van der Waals surface area (Å²) in [5.74, 6) is 0.499. The van der Waals surface area contributed by atoms with Gasteiger partial charge in [0.1, 0.15) is 0 Å². The summed E-state index contributed by atoms with van der Waals surface area (Å²) < 4.78 is 5.23. The molecule has 1 rings (SSSR count). The summed E-state index contributed by atoms with van der Waals surface area (Å²) in [5.41, 5.74) is 7.88. The predicted octanol–water partition coefficient (Wildman–Crippen LogP) is 1.29. The standard InChI is InChI=1S/C10H18N2O/c1-7(2)8-5-9(11)10(13-4)12(3)6-8/h5-7,10H,11H2,1-4H3. The Morgan fingerprint density at radius 2 is 2.15 bits per heavy atom. The van der Waals surface area contributed by atoms with Crippen LogP contribution in [0.4, 0.5) is 0 Å². The fourth-order valence-electron chi connectivity index (χ4n) is 1.46. The molecule has 13 heavy (non-hydrogen) atoms. The van der Waals surface area contributed by atoms with Crippen LogP contribution in [-0.4, -0.2) is 25.3 Å². The van der Waals surface area contributed by atoms with Gasteiger partial charge in [-0.25, -0.2) is 0 Å². The molecule has 0 fully saturated rings. The number of nitrogens with two attached hydrogens (primary N) is 1. The van der Waals surface area contributed by atoms with E-state index in [0.717, 1.165) is 5.70 Å². The van der Waals surface area contributed by atoms with Crippen molar-refractivity contribution in [2.24, 2.45) is 11.7 Å². The Morgan fingerprint density at radius 3 is 2.54 bits per heavy atom. The quantitative estimate of drug-likeness (QED) is 0.699. The van der Waals surface area contributed by atoms with Crippen LogP contribution in [0.1, 0.15) is 13.8 Å². The molecule has 0 amide bonds. The van der Waals surface area contributed by atoms with Gasteiger partial charge in [-0.05, 0) is 17.6 Å². The average Bonchev–Trinajstić information content (AvgIpc) is 2.03. The molecule has 0 aromatic rings. The molecular weight excluding hydrogens is 164 g/mol. The third kappa shape index (κ3) is 2.04. The molecule has 1 heterocycles. The van der Waals surface area contributed by atoms with Gasteiger partial charge in [-0.3, -0.25) is 0 Å². The molecule has 74 valence electrons. The van der Waals surface area contributed by atoms with Crippen LogP contribution in [-0.2, 0) is 4.74 Å². The number of ether oxygens (including phenoxy) is 1.